The van der Waals surface area contributed by atoms with Crippen LogP contribution in [0.25, 0.3) is 0 Å². The highest BCUT2D eigenvalue weighted by atomic mass is 16.5. The molecular weight excluding hydrogens is 228 g/mol. The maximum atomic E-state index is 5.15. The molecule has 18 heavy (non-hydrogen) atoms. The van der Waals surface area contributed by atoms with Crippen molar-refractivity contribution in [3.8, 4) is 0 Å². The van der Waals surface area contributed by atoms with Gasteiger partial charge in [0.2, 0.25) is 0 Å². The van der Waals surface area contributed by atoms with Gasteiger partial charge in [0.05, 0.1) is 18.5 Å². The zero-order valence-corrected chi connectivity index (χ0v) is 11.0. The summed E-state index contributed by atoms with van der Waals surface area (Å²) in [4.78, 5) is 11.1. The minimum Gasteiger partial charge on any atom is -0.380 e. The molecule has 1 aliphatic rings. The lowest BCUT2D eigenvalue weighted by Gasteiger charge is -2.27. The average Bonchev–Trinajstić information content (AvgIpc) is 2.41. The summed E-state index contributed by atoms with van der Waals surface area (Å²) in [6.07, 6.45) is 6.88. The summed E-state index contributed by atoms with van der Waals surface area (Å²) >= 11 is 0. The molecule has 0 fully saturated rings. The Hall–Kier alpha value is -1.46. The molecule has 0 saturated carbocycles. The number of ether oxygens (including phenoxy) is 1. The summed E-state index contributed by atoms with van der Waals surface area (Å²) < 4.78 is 5.15. The third-order valence-electron chi connectivity index (χ3n) is 2.99. The molecule has 5 heteroatoms. The lowest BCUT2D eigenvalue weighted by molar-refractivity contribution is 0.222. The van der Waals surface area contributed by atoms with Crippen molar-refractivity contribution < 1.29 is 4.74 Å². The average molecular weight is 248 g/mol. The fourth-order valence-electron chi connectivity index (χ4n) is 2.05. The van der Waals surface area contributed by atoms with E-state index in [1.165, 1.54) is 5.57 Å². The van der Waals surface area contributed by atoms with Crippen LogP contribution in [0, 0.1) is 0 Å². The van der Waals surface area contributed by atoms with Crippen LogP contribution in [0.3, 0.4) is 0 Å². The van der Waals surface area contributed by atoms with E-state index in [4.69, 9.17) is 4.74 Å². The number of rotatable bonds is 5. The summed E-state index contributed by atoms with van der Waals surface area (Å²) in [5, 5.41) is 3.09. The van der Waals surface area contributed by atoms with Crippen LogP contribution < -0.4 is 10.2 Å². The van der Waals surface area contributed by atoms with Crippen molar-refractivity contribution in [2.24, 2.45) is 0 Å². The second kappa shape index (κ2) is 6.47. The smallest absolute Gasteiger partial charge is 0.147 e. The summed E-state index contributed by atoms with van der Waals surface area (Å²) in [6.45, 7) is 3.35. The van der Waals surface area contributed by atoms with Gasteiger partial charge in [-0.1, -0.05) is 6.08 Å². The molecule has 5 nitrogen and oxygen atoms in total. The summed E-state index contributed by atoms with van der Waals surface area (Å²) in [6, 6.07) is 0. The molecule has 1 aromatic heterocycles. The van der Waals surface area contributed by atoms with Crippen LogP contribution in [0.1, 0.15) is 12.1 Å². The molecule has 1 N–H and O–H groups in total. The van der Waals surface area contributed by atoms with E-state index >= 15 is 0 Å². The highest BCUT2D eigenvalue weighted by Crippen LogP contribution is 2.17. The van der Waals surface area contributed by atoms with Gasteiger partial charge in [-0.2, -0.15) is 0 Å². The molecule has 0 atom stereocenters. The Morgan fingerprint density at radius 3 is 3.00 bits per heavy atom. The maximum Gasteiger partial charge on any atom is 0.147 e. The van der Waals surface area contributed by atoms with Crippen LogP contribution >= 0.6 is 0 Å². The molecule has 0 aromatic carbocycles. The Kier molecular flexibility index (Phi) is 4.66. The molecule has 2 rings (SSSR count). The van der Waals surface area contributed by atoms with Crippen molar-refractivity contribution in [3.05, 3.63) is 29.7 Å². The Morgan fingerprint density at radius 1 is 1.44 bits per heavy atom. The quantitative estimate of drug-likeness (QED) is 0.787. The van der Waals surface area contributed by atoms with E-state index in [0.29, 0.717) is 0 Å². The van der Waals surface area contributed by atoms with Gasteiger partial charge in [-0.05, 0) is 19.0 Å². The molecular formula is C13H20N4O. The third kappa shape index (κ3) is 3.27. The van der Waals surface area contributed by atoms with Crippen LogP contribution in [0.15, 0.2) is 24.0 Å². The van der Waals surface area contributed by atoms with E-state index in [9.17, 15) is 0 Å². The highest BCUT2D eigenvalue weighted by molar-refractivity contribution is 5.39. The minimum atomic E-state index is 0.735. The van der Waals surface area contributed by atoms with Crippen LogP contribution in [0.5, 0.6) is 0 Å². The van der Waals surface area contributed by atoms with Gasteiger partial charge in [0.1, 0.15) is 5.82 Å². The number of nitrogens with one attached hydrogen (secondary N) is 1. The zero-order chi connectivity index (χ0) is 12.8. The summed E-state index contributed by atoms with van der Waals surface area (Å²) in [5.41, 5.74) is 2.34. The van der Waals surface area contributed by atoms with Crippen LogP contribution in [-0.2, 0) is 11.3 Å². The van der Waals surface area contributed by atoms with E-state index in [-0.39, 0.29) is 0 Å². The first kappa shape index (κ1) is 13.0. The number of hydrogen-bond donors (Lipinski definition) is 1. The van der Waals surface area contributed by atoms with E-state index < -0.39 is 0 Å². The first-order valence-corrected chi connectivity index (χ1v) is 6.21. The fraction of sp³-hybridized carbons (Fsp3) is 0.538. The van der Waals surface area contributed by atoms with Gasteiger partial charge < -0.3 is 15.0 Å². The predicted molar refractivity (Wildman–Crippen MR) is 71.6 cm³/mol. The molecule has 1 aromatic rings. The topological polar surface area (TPSA) is 50.3 Å². The first-order chi connectivity index (χ1) is 8.83. The minimum absolute atomic E-state index is 0.735. The molecule has 0 bridgehead atoms. The van der Waals surface area contributed by atoms with Crippen molar-refractivity contribution in [1.82, 2.24) is 15.3 Å². The molecule has 0 unspecified atom stereocenters. The Bertz CT molecular complexity index is 419. The second-order valence-electron chi connectivity index (χ2n) is 4.39. The fourth-order valence-corrected chi connectivity index (χ4v) is 2.05. The SMILES string of the molecule is CNCc1cncc(N2CC=C(COC)CC2)n1. The van der Waals surface area contributed by atoms with Crippen molar-refractivity contribution >= 4 is 5.82 Å². The second-order valence-corrected chi connectivity index (χ2v) is 4.39. The Morgan fingerprint density at radius 2 is 2.33 bits per heavy atom. The zero-order valence-electron chi connectivity index (χ0n) is 11.0. The third-order valence-corrected chi connectivity index (χ3v) is 2.99. The van der Waals surface area contributed by atoms with E-state index in [0.717, 1.165) is 44.2 Å². The van der Waals surface area contributed by atoms with Gasteiger partial charge in [-0.3, -0.25) is 4.98 Å². The summed E-state index contributed by atoms with van der Waals surface area (Å²) in [7, 11) is 3.65. The number of methoxy groups -OCH3 is 1. The largest absolute Gasteiger partial charge is 0.380 e. The van der Waals surface area contributed by atoms with E-state index in [2.05, 4.69) is 26.3 Å². The van der Waals surface area contributed by atoms with Gasteiger partial charge in [-0.15, -0.1) is 0 Å². The maximum absolute atomic E-state index is 5.15. The van der Waals surface area contributed by atoms with Gasteiger partial charge in [0, 0.05) is 32.9 Å². The van der Waals surface area contributed by atoms with E-state index in [1.807, 2.05) is 13.2 Å². The van der Waals surface area contributed by atoms with Crippen molar-refractivity contribution in [1.29, 1.82) is 0 Å². The molecule has 98 valence electrons. The normalized spacial score (nSPS) is 15.7. The van der Waals surface area contributed by atoms with Crippen LogP contribution in [0.4, 0.5) is 5.82 Å². The number of nitrogens with zero attached hydrogens (tertiary/aromatic N) is 3. The molecule has 2 heterocycles. The van der Waals surface area contributed by atoms with Crippen molar-refractivity contribution in [2.45, 2.75) is 13.0 Å². The summed E-state index contributed by atoms with van der Waals surface area (Å²) in [5.74, 6) is 0.954. The van der Waals surface area contributed by atoms with Gasteiger partial charge in [-0.25, -0.2) is 4.98 Å². The number of aromatic nitrogens is 2. The molecule has 0 saturated heterocycles. The molecule has 0 aliphatic carbocycles. The number of anilines is 1. The standard InChI is InChI=1S/C13H20N4O/c1-14-7-12-8-15-9-13(16-12)17-5-3-11(4-6-17)10-18-2/h3,8-9,14H,4-7,10H2,1-2H3. The predicted octanol–water partition coefficient (Wildman–Crippen LogP) is 0.979. The van der Waals surface area contributed by atoms with E-state index in [1.54, 1.807) is 13.3 Å². The van der Waals surface area contributed by atoms with Crippen LogP contribution in [-0.4, -0.2) is 43.8 Å². The van der Waals surface area contributed by atoms with Crippen molar-refractivity contribution in [3.63, 3.8) is 0 Å². The molecule has 0 radical (unpaired) electrons. The number of hydrogen-bond acceptors (Lipinski definition) is 5. The highest BCUT2D eigenvalue weighted by Gasteiger charge is 2.13. The van der Waals surface area contributed by atoms with Crippen molar-refractivity contribution in [2.75, 3.05) is 38.8 Å². The van der Waals surface area contributed by atoms with Gasteiger partial charge in [0.15, 0.2) is 0 Å². The molecule has 0 amide bonds. The monoisotopic (exact) mass is 248 g/mol. The molecule has 1 aliphatic heterocycles. The lowest BCUT2D eigenvalue weighted by atomic mass is 10.1. The Labute approximate surface area is 108 Å². The molecule has 0 spiro atoms. The van der Waals surface area contributed by atoms with Crippen LogP contribution in [0.2, 0.25) is 0 Å². The Balaban J connectivity index is 2.02. The lowest BCUT2D eigenvalue weighted by Crippen LogP contribution is -2.30. The van der Waals surface area contributed by atoms with Gasteiger partial charge >= 0.3 is 0 Å². The first-order valence-electron chi connectivity index (χ1n) is 6.21. The van der Waals surface area contributed by atoms with Gasteiger partial charge in [0.25, 0.3) is 0 Å².